The number of carbonyl (C=O) groups is 2. The summed E-state index contributed by atoms with van der Waals surface area (Å²) >= 11 is 0. The van der Waals surface area contributed by atoms with E-state index in [1.165, 1.54) is 5.56 Å². The van der Waals surface area contributed by atoms with E-state index in [9.17, 15) is 9.59 Å². The minimum atomic E-state index is -0.651. The fraction of sp³-hybridized carbons (Fsp3) is 0.621. The van der Waals surface area contributed by atoms with E-state index < -0.39 is 5.54 Å². The third-order valence-corrected chi connectivity index (χ3v) is 8.78. The normalized spacial score (nSPS) is 24.9. The van der Waals surface area contributed by atoms with Crippen LogP contribution in [0, 0.1) is 11.8 Å². The summed E-state index contributed by atoms with van der Waals surface area (Å²) in [5.41, 5.74) is 13.6. The van der Waals surface area contributed by atoms with Crippen molar-refractivity contribution in [2.75, 3.05) is 57.8 Å². The quantitative estimate of drug-likeness (QED) is 0.289. The molecule has 2 amide bonds. The molecule has 2 aliphatic heterocycles. The molecule has 38 heavy (non-hydrogen) atoms. The lowest BCUT2D eigenvalue weighted by Gasteiger charge is -2.43. The van der Waals surface area contributed by atoms with Gasteiger partial charge < -0.3 is 21.3 Å². The Kier molecular flexibility index (Phi) is 9.23. The van der Waals surface area contributed by atoms with Gasteiger partial charge in [0, 0.05) is 64.2 Å². The lowest BCUT2D eigenvalue weighted by molar-refractivity contribution is -0.141. The fourth-order valence-corrected chi connectivity index (χ4v) is 5.89. The van der Waals surface area contributed by atoms with Crippen molar-refractivity contribution in [1.82, 2.24) is 14.7 Å². The third-order valence-electron chi connectivity index (χ3n) is 8.78. The third kappa shape index (κ3) is 6.27. The number of anilines is 1. The number of piperazine rings is 1. The van der Waals surface area contributed by atoms with Gasteiger partial charge in [-0.2, -0.15) is 0 Å². The number of amidine groups is 1. The summed E-state index contributed by atoms with van der Waals surface area (Å²) in [6.45, 7) is 10.1. The van der Waals surface area contributed by atoms with E-state index in [-0.39, 0.29) is 5.91 Å². The summed E-state index contributed by atoms with van der Waals surface area (Å²) in [7, 11) is 1.75. The molecular weight excluding hydrogens is 478 g/mol. The number of benzene rings is 1. The number of nitrogens with two attached hydrogens (primary N) is 2. The Balaban J connectivity index is 1.30. The first kappa shape index (κ1) is 28.3. The van der Waals surface area contributed by atoms with E-state index in [1.807, 2.05) is 23.1 Å². The number of aliphatic imine (C=N–C) groups is 1. The molecule has 0 aromatic heterocycles. The summed E-state index contributed by atoms with van der Waals surface area (Å²) in [6, 6.07) is 8.64. The maximum Gasteiger partial charge on any atom is 0.242 e. The topological polar surface area (TPSA) is 111 Å². The monoisotopic (exact) mass is 523 g/mol. The molecule has 3 atom stereocenters. The second-order valence-corrected chi connectivity index (χ2v) is 11.3. The van der Waals surface area contributed by atoms with Gasteiger partial charge in [-0.3, -0.25) is 24.4 Å². The van der Waals surface area contributed by atoms with Crippen molar-refractivity contribution in [3.8, 4) is 0 Å². The second-order valence-electron chi connectivity index (χ2n) is 11.3. The standard InChI is InChI=1S/C29H45N7O2/c1-22-19-36(20-25(22)18-30)23(2)17-24-5-7-26(8-6-24)35(21-37)12-9-27(32-3)33-13-15-34(16-14-33)28(38)29(31)10-4-11-29/h5-9,12,21-23,25H,4,10-11,13-20,30-31H2,1-3H3/b12-9-,32-27+/t22?,23?,25-/m1/s1. The SMILES string of the molecule is C/N=C(\C=C/N(C=O)c1ccc(CC(C)N2CC(C)[C@H](CN)C2)cc1)N1CCN(C(=O)C2(N)CCC2)CC1. The number of nitrogens with zero attached hydrogens (tertiary/aromatic N) is 5. The molecule has 4 N–H and O–H groups in total. The highest BCUT2D eigenvalue weighted by atomic mass is 16.2. The van der Waals surface area contributed by atoms with Crippen LogP contribution in [0.3, 0.4) is 0 Å². The van der Waals surface area contributed by atoms with Crippen molar-refractivity contribution in [1.29, 1.82) is 0 Å². The smallest absolute Gasteiger partial charge is 0.242 e. The van der Waals surface area contributed by atoms with Crippen molar-refractivity contribution >= 4 is 23.8 Å². The van der Waals surface area contributed by atoms with Crippen molar-refractivity contribution < 1.29 is 9.59 Å². The predicted molar refractivity (Wildman–Crippen MR) is 153 cm³/mol. The molecule has 2 unspecified atom stereocenters. The Morgan fingerprint density at radius 1 is 1.16 bits per heavy atom. The van der Waals surface area contributed by atoms with Crippen LogP contribution in [0.2, 0.25) is 0 Å². The molecule has 1 aromatic rings. The zero-order valence-corrected chi connectivity index (χ0v) is 23.3. The molecule has 0 bridgehead atoms. The largest absolute Gasteiger partial charge is 0.353 e. The zero-order chi connectivity index (χ0) is 27.3. The molecular formula is C29H45N7O2. The molecule has 2 saturated heterocycles. The first-order valence-corrected chi connectivity index (χ1v) is 14.0. The first-order valence-electron chi connectivity index (χ1n) is 14.0. The van der Waals surface area contributed by atoms with Gasteiger partial charge in [-0.1, -0.05) is 19.1 Å². The van der Waals surface area contributed by atoms with Gasteiger partial charge in [-0.05, 0) is 74.8 Å². The van der Waals surface area contributed by atoms with Gasteiger partial charge in [0.15, 0.2) is 0 Å². The highest BCUT2D eigenvalue weighted by Crippen LogP contribution is 2.31. The van der Waals surface area contributed by atoms with Crippen molar-refractivity contribution in [2.45, 2.75) is 51.1 Å². The molecule has 2 heterocycles. The van der Waals surface area contributed by atoms with Gasteiger partial charge in [-0.25, -0.2) is 0 Å². The van der Waals surface area contributed by atoms with Crippen LogP contribution in [0.4, 0.5) is 5.69 Å². The average molecular weight is 524 g/mol. The van der Waals surface area contributed by atoms with E-state index >= 15 is 0 Å². The van der Waals surface area contributed by atoms with Crippen LogP contribution in [-0.2, 0) is 16.0 Å². The van der Waals surface area contributed by atoms with Crippen LogP contribution < -0.4 is 16.4 Å². The van der Waals surface area contributed by atoms with Gasteiger partial charge in [0.05, 0.1) is 5.54 Å². The molecule has 0 radical (unpaired) electrons. The van der Waals surface area contributed by atoms with Crippen LogP contribution in [0.5, 0.6) is 0 Å². The Morgan fingerprint density at radius 2 is 1.82 bits per heavy atom. The summed E-state index contributed by atoms with van der Waals surface area (Å²) in [5, 5.41) is 0. The molecule has 3 aliphatic rings. The van der Waals surface area contributed by atoms with E-state index in [4.69, 9.17) is 11.5 Å². The highest BCUT2D eigenvalue weighted by molar-refractivity contribution is 5.94. The van der Waals surface area contributed by atoms with E-state index in [0.717, 1.165) is 63.3 Å². The lowest BCUT2D eigenvalue weighted by atomic mass is 9.76. The highest BCUT2D eigenvalue weighted by Gasteiger charge is 2.43. The Hall–Kier alpha value is -2.75. The molecule has 1 saturated carbocycles. The molecule has 1 aromatic carbocycles. The average Bonchev–Trinajstić information content (AvgIpc) is 3.31. The minimum Gasteiger partial charge on any atom is -0.353 e. The number of likely N-dealkylation sites (tertiary alicyclic amines) is 1. The van der Waals surface area contributed by atoms with Crippen molar-refractivity contribution in [3.05, 3.63) is 42.1 Å². The number of hydrogen-bond acceptors (Lipinski definition) is 6. The summed E-state index contributed by atoms with van der Waals surface area (Å²) in [4.78, 5) is 37.2. The van der Waals surface area contributed by atoms with E-state index in [0.29, 0.717) is 44.1 Å². The molecule has 9 heteroatoms. The summed E-state index contributed by atoms with van der Waals surface area (Å²) in [5.74, 6) is 2.09. The first-order chi connectivity index (χ1) is 18.3. The Labute approximate surface area is 227 Å². The minimum absolute atomic E-state index is 0.0774. The van der Waals surface area contributed by atoms with Gasteiger partial charge in [0.1, 0.15) is 5.84 Å². The predicted octanol–water partition coefficient (Wildman–Crippen LogP) is 1.67. The molecule has 208 valence electrons. The van der Waals surface area contributed by atoms with Crippen molar-refractivity contribution in [2.24, 2.45) is 28.3 Å². The molecule has 3 fully saturated rings. The van der Waals surface area contributed by atoms with E-state index in [2.05, 4.69) is 40.8 Å². The van der Waals surface area contributed by atoms with Crippen LogP contribution in [0.1, 0.15) is 38.7 Å². The van der Waals surface area contributed by atoms with Crippen LogP contribution in [0.25, 0.3) is 0 Å². The van der Waals surface area contributed by atoms with E-state index in [1.54, 1.807) is 18.1 Å². The Morgan fingerprint density at radius 3 is 2.34 bits per heavy atom. The van der Waals surface area contributed by atoms with Gasteiger partial charge >= 0.3 is 0 Å². The molecule has 4 rings (SSSR count). The number of rotatable bonds is 9. The molecule has 0 spiro atoms. The second kappa shape index (κ2) is 12.4. The lowest BCUT2D eigenvalue weighted by Crippen LogP contribution is -2.62. The summed E-state index contributed by atoms with van der Waals surface area (Å²) < 4.78 is 0. The van der Waals surface area contributed by atoms with Crippen LogP contribution in [-0.4, -0.2) is 97.3 Å². The Bertz CT molecular complexity index is 1010. The maximum atomic E-state index is 12.7. The zero-order valence-electron chi connectivity index (χ0n) is 23.3. The number of amides is 2. The van der Waals surface area contributed by atoms with Gasteiger partial charge in [0.25, 0.3) is 0 Å². The van der Waals surface area contributed by atoms with Crippen molar-refractivity contribution in [3.63, 3.8) is 0 Å². The molecule has 9 nitrogen and oxygen atoms in total. The maximum absolute atomic E-state index is 12.7. The fourth-order valence-electron chi connectivity index (χ4n) is 5.89. The number of carbonyl (C=O) groups excluding carboxylic acids is 2. The number of hydrogen-bond donors (Lipinski definition) is 2. The van der Waals surface area contributed by atoms with Gasteiger partial charge in [0.2, 0.25) is 12.3 Å². The van der Waals surface area contributed by atoms with Crippen LogP contribution in [0.15, 0.2) is 41.5 Å². The summed E-state index contributed by atoms with van der Waals surface area (Å²) in [6.07, 6.45) is 7.99. The van der Waals surface area contributed by atoms with Crippen LogP contribution >= 0.6 is 0 Å². The molecule has 1 aliphatic carbocycles. The van der Waals surface area contributed by atoms with Gasteiger partial charge in [-0.15, -0.1) is 0 Å².